The Kier molecular flexibility index (Phi) is 18.3. The maximum Gasteiger partial charge on any atom is 0.220 e. The first-order valence-corrected chi connectivity index (χ1v) is 11.2. The topological polar surface area (TPSA) is 63.3 Å². The van der Waals surface area contributed by atoms with Gasteiger partial charge in [0.05, 0.1) is 0 Å². The zero-order chi connectivity index (χ0) is 19.5. The fourth-order valence-electron chi connectivity index (χ4n) is 3.66. The normalized spacial score (nSPS) is 14.0. The highest BCUT2D eigenvalue weighted by molar-refractivity contribution is 5.76. The molecule has 2 unspecified atom stereocenters. The molecule has 2 atom stereocenters. The second kappa shape index (κ2) is 18.9. The molecule has 0 aliphatic rings. The Balaban J connectivity index is 3.61. The maximum absolute atomic E-state index is 11.6. The Bertz CT molecular complexity index is 341. The van der Waals surface area contributed by atoms with E-state index in [9.17, 15) is 9.90 Å². The van der Waals surface area contributed by atoms with Crippen LogP contribution in [0.15, 0.2) is 12.2 Å². The summed E-state index contributed by atoms with van der Waals surface area (Å²) in [5.74, 6) is -0.352. The SMILES string of the molecule is CCCCCCCCC=CCCCCCCC(C(N)=O)C(CO)CCC. The Morgan fingerprint density at radius 3 is 1.85 bits per heavy atom. The van der Waals surface area contributed by atoms with Crippen molar-refractivity contribution in [1.82, 2.24) is 0 Å². The molecule has 0 bridgehead atoms. The molecule has 3 heteroatoms. The van der Waals surface area contributed by atoms with Crippen LogP contribution in [0.5, 0.6) is 0 Å². The predicted octanol–water partition coefficient (Wildman–Crippen LogP) is 6.14. The van der Waals surface area contributed by atoms with Gasteiger partial charge in [-0.15, -0.1) is 0 Å². The lowest BCUT2D eigenvalue weighted by Crippen LogP contribution is -2.32. The van der Waals surface area contributed by atoms with Crippen molar-refractivity contribution in [3.63, 3.8) is 0 Å². The molecule has 1 amide bonds. The molecule has 26 heavy (non-hydrogen) atoms. The second-order valence-electron chi connectivity index (χ2n) is 7.76. The van der Waals surface area contributed by atoms with E-state index in [0.29, 0.717) is 0 Å². The standard InChI is InChI=1S/C23H45NO2/c1-3-5-6-7-8-9-10-11-12-13-14-15-16-17-19-22(23(24)26)21(20-25)18-4-2/h11-12,21-22,25H,3-10,13-20H2,1-2H3,(H2,24,26). The van der Waals surface area contributed by atoms with Crippen LogP contribution in [0.2, 0.25) is 0 Å². The van der Waals surface area contributed by atoms with Gasteiger partial charge in [0.25, 0.3) is 0 Å². The van der Waals surface area contributed by atoms with Crippen LogP contribution in [0.3, 0.4) is 0 Å². The molecular formula is C23H45NO2. The molecule has 0 rings (SSSR count). The Morgan fingerprint density at radius 1 is 0.808 bits per heavy atom. The highest BCUT2D eigenvalue weighted by Gasteiger charge is 2.24. The summed E-state index contributed by atoms with van der Waals surface area (Å²) in [6, 6.07) is 0. The Hall–Kier alpha value is -0.830. The van der Waals surface area contributed by atoms with Gasteiger partial charge in [-0.05, 0) is 44.4 Å². The van der Waals surface area contributed by atoms with Gasteiger partial charge >= 0.3 is 0 Å². The van der Waals surface area contributed by atoms with E-state index in [1.54, 1.807) is 0 Å². The van der Waals surface area contributed by atoms with Crippen LogP contribution >= 0.6 is 0 Å². The number of nitrogens with two attached hydrogens (primary N) is 1. The van der Waals surface area contributed by atoms with Crippen molar-refractivity contribution in [3.05, 3.63) is 12.2 Å². The van der Waals surface area contributed by atoms with Crippen molar-refractivity contribution in [1.29, 1.82) is 0 Å². The fourth-order valence-corrected chi connectivity index (χ4v) is 3.66. The summed E-state index contributed by atoms with van der Waals surface area (Å²) in [4.78, 5) is 11.6. The first kappa shape index (κ1) is 25.2. The van der Waals surface area contributed by atoms with Crippen molar-refractivity contribution < 1.29 is 9.90 Å². The highest BCUT2D eigenvalue weighted by Crippen LogP contribution is 2.23. The van der Waals surface area contributed by atoms with E-state index in [0.717, 1.165) is 32.1 Å². The number of hydrogen-bond acceptors (Lipinski definition) is 2. The summed E-state index contributed by atoms with van der Waals surface area (Å²) in [6.07, 6.45) is 22.6. The number of amides is 1. The Labute approximate surface area is 162 Å². The molecule has 0 spiro atoms. The number of hydrogen-bond donors (Lipinski definition) is 2. The van der Waals surface area contributed by atoms with Gasteiger partial charge in [-0.3, -0.25) is 4.79 Å². The summed E-state index contributed by atoms with van der Waals surface area (Å²) in [6.45, 7) is 4.42. The van der Waals surface area contributed by atoms with Crippen molar-refractivity contribution in [2.45, 2.75) is 110 Å². The van der Waals surface area contributed by atoms with Crippen molar-refractivity contribution >= 4 is 5.91 Å². The van der Waals surface area contributed by atoms with Crippen molar-refractivity contribution in [2.24, 2.45) is 17.6 Å². The minimum atomic E-state index is -0.241. The molecule has 0 aromatic heterocycles. The number of unbranched alkanes of at least 4 members (excludes halogenated alkanes) is 10. The van der Waals surface area contributed by atoms with Crippen LogP contribution in [-0.4, -0.2) is 17.6 Å². The van der Waals surface area contributed by atoms with Gasteiger partial charge < -0.3 is 10.8 Å². The minimum absolute atomic E-state index is 0.0439. The minimum Gasteiger partial charge on any atom is -0.396 e. The van der Waals surface area contributed by atoms with E-state index in [2.05, 4.69) is 26.0 Å². The molecule has 154 valence electrons. The molecule has 0 aliphatic heterocycles. The fraction of sp³-hybridized carbons (Fsp3) is 0.870. The quantitative estimate of drug-likeness (QED) is 0.213. The molecule has 0 fully saturated rings. The lowest BCUT2D eigenvalue weighted by Gasteiger charge is -2.22. The molecule has 3 N–H and O–H groups in total. The van der Waals surface area contributed by atoms with Gasteiger partial charge in [0.1, 0.15) is 0 Å². The van der Waals surface area contributed by atoms with Crippen LogP contribution in [0.1, 0.15) is 110 Å². The third kappa shape index (κ3) is 14.4. The van der Waals surface area contributed by atoms with Crippen LogP contribution in [0.25, 0.3) is 0 Å². The van der Waals surface area contributed by atoms with E-state index in [1.165, 1.54) is 64.2 Å². The summed E-state index contributed by atoms with van der Waals surface area (Å²) < 4.78 is 0. The molecule has 0 saturated heterocycles. The molecule has 0 aliphatic carbocycles. The maximum atomic E-state index is 11.6. The first-order valence-electron chi connectivity index (χ1n) is 11.2. The number of aliphatic hydroxyl groups is 1. The van der Waals surface area contributed by atoms with Crippen LogP contribution in [0.4, 0.5) is 0 Å². The third-order valence-corrected chi connectivity index (χ3v) is 5.36. The largest absolute Gasteiger partial charge is 0.396 e. The summed E-state index contributed by atoms with van der Waals surface area (Å²) in [5, 5.41) is 9.48. The van der Waals surface area contributed by atoms with Gasteiger partial charge in [-0.2, -0.15) is 0 Å². The van der Waals surface area contributed by atoms with Gasteiger partial charge in [0.15, 0.2) is 0 Å². The van der Waals surface area contributed by atoms with Crippen LogP contribution in [-0.2, 0) is 4.79 Å². The van der Waals surface area contributed by atoms with E-state index < -0.39 is 0 Å². The summed E-state index contributed by atoms with van der Waals surface area (Å²) >= 11 is 0. The number of primary amides is 1. The van der Waals surface area contributed by atoms with E-state index >= 15 is 0 Å². The third-order valence-electron chi connectivity index (χ3n) is 5.36. The lowest BCUT2D eigenvalue weighted by molar-refractivity contribution is -0.124. The predicted molar refractivity (Wildman–Crippen MR) is 113 cm³/mol. The van der Waals surface area contributed by atoms with Crippen molar-refractivity contribution in [3.8, 4) is 0 Å². The molecule has 0 aromatic carbocycles. The molecular weight excluding hydrogens is 322 g/mol. The van der Waals surface area contributed by atoms with Gasteiger partial charge in [0.2, 0.25) is 5.91 Å². The van der Waals surface area contributed by atoms with Crippen LogP contribution < -0.4 is 5.73 Å². The number of carbonyl (C=O) groups excluding carboxylic acids is 1. The van der Waals surface area contributed by atoms with Gasteiger partial charge in [-0.1, -0.05) is 83.8 Å². The molecule has 0 heterocycles. The summed E-state index contributed by atoms with van der Waals surface area (Å²) in [7, 11) is 0. The van der Waals surface area contributed by atoms with E-state index in [1.807, 2.05) is 0 Å². The number of carbonyl (C=O) groups is 1. The smallest absolute Gasteiger partial charge is 0.220 e. The molecule has 0 aromatic rings. The highest BCUT2D eigenvalue weighted by atomic mass is 16.3. The monoisotopic (exact) mass is 367 g/mol. The second-order valence-corrected chi connectivity index (χ2v) is 7.76. The number of allylic oxidation sites excluding steroid dienone is 2. The number of rotatable bonds is 19. The van der Waals surface area contributed by atoms with Gasteiger partial charge in [0, 0.05) is 12.5 Å². The Morgan fingerprint density at radius 2 is 1.35 bits per heavy atom. The zero-order valence-electron chi connectivity index (χ0n) is 17.6. The van der Waals surface area contributed by atoms with Crippen LogP contribution in [0, 0.1) is 11.8 Å². The zero-order valence-corrected chi connectivity index (χ0v) is 17.6. The van der Waals surface area contributed by atoms with Crippen molar-refractivity contribution in [2.75, 3.05) is 6.61 Å². The van der Waals surface area contributed by atoms with E-state index in [4.69, 9.17) is 5.73 Å². The van der Waals surface area contributed by atoms with Gasteiger partial charge in [-0.25, -0.2) is 0 Å². The number of aliphatic hydroxyl groups excluding tert-OH is 1. The average molecular weight is 368 g/mol. The van der Waals surface area contributed by atoms with E-state index in [-0.39, 0.29) is 24.3 Å². The molecule has 0 saturated carbocycles. The molecule has 3 nitrogen and oxygen atoms in total. The molecule has 0 radical (unpaired) electrons. The average Bonchev–Trinajstić information content (AvgIpc) is 2.63. The first-order chi connectivity index (χ1) is 12.7. The summed E-state index contributed by atoms with van der Waals surface area (Å²) in [5.41, 5.74) is 5.54. The lowest BCUT2D eigenvalue weighted by atomic mass is 9.84.